The number of hydrogen-bond acceptors (Lipinski definition) is 4. The van der Waals surface area contributed by atoms with E-state index in [4.69, 9.17) is 5.11 Å². The molecule has 0 saturated heterocycles. The molecule has 1 aromatic carbocycles. The predicted molar refractivity (Wildman–Crippen MR) is 74.4 cm³/mol. The fourth-order valence-electron chi connectivity index (χ4n) is 1.64. The topological polar surface area (TPSA) is 80.0 Å². The number of aromatic nitrogens is 3. The number of anilines is 1. The maximum Gasteiger partial charge on any atom is 0.358 e. The molecule has 0 bridgehead atoms. The molecule has 6 nitrogen and oxygen atoms in total. The minimum Gasteiger partial charge on any atom is -0.476 e. The van der Waals surface area contributed by atoms with Crippen molar-refractivity contribution < 1.29 is 9.90 Å². The van der Waals surface area contributed by atoms with Gasteiger partial charge in [-0.3, -0.25) is 0 Å². The summed E-state index contributed by atoms with van der Waals surface area (Å²) in [5.74, 6) is -1.07. The monoisotopic (exact) mass is 324 g/mol. The lowest BCUT2D eigenvalue weighted by atomic mass is 10.2. The van der Waals surface area contributed by atoms with Crippen molar-refractivity contribution in [3.05, 3.63) is 40.1 Å². The molecule has 2 aromatic rings. The summed E-state index contributed by atoms with van der Waals surface area (Å²) in [5.41, 5.74) is 2.14. The predicted octanol–water partition coefficient (Wildman–Crippen LogP) is 2.16. The third kappa shape index (κ3) is 3.54. The molecular formula is C12H13BrN4O2. The van der Waals surface area contributed by atoms with Crippen LogP contribution in [0.4, 0.5) is 5.69 Å². The minimum absolute atomic E-state index is 0.0418. The van der Waals surface area contributed by atoms with E-state index in [1.165, 1.54) is 10.9 Å². The summed E-state index contributed by atoms with van der Waals surface area (Å²) in [6.07, 6.45) is 1.42. The van der Waals surface area contributed by atoms with Crippen LogP contribution in [-0.4, -0.2) is 32.6 Å². The number of carboxylic acid groups (broad SMARTS) is 1. The number of halogens is 1. The van der Waals surface area contributed by atoms with Gasteiger partial charge < -0.3 is 10.4 Å². The molecule has 0 aliphatic rings. The van der Waals surface area contributed by atoms with Gasteiger partial charge in [0.1, 0.15) is 0 Å². The number of nitrogens with zero attached hydrogens (tertiary/aromatic N) is 3. The highest BCUT2D eigenvalue weighted by atomic mass is 79.9. The summed E-state index contributed by atoms with van der Waals surface area (Å²) in [6, 6.07) is 5.98. The Morgan fingerprint density at radius 3 is 2.95 bits per heavy atom. The van der Waals surface area contributed by atoms with Crippen LogP contribution in [0, 0.1) is 6.92 Å². The van der Waals surface area contributed by atoms with Gasteiger partial charge in [-0.1, -0.05) is 21.1 Å². The van der Waals surface area contributed by atoms with Crippen molar-refractivity contribution in [2.45, 2.75) is 13.5 Å². The summed E-state index contributed by atoms with van der Waals surface area (Å²) >= 11 is 3.41. The van der Waals surface area contributed by atoms with Crippen molar-refractivity contribution in [3.63, 3.8) is 0 Å². The summed E-state index contributed by atoms with van der Waals surface area (Å²) < 4.78 is 2.54. The van der Waals surface area contributed by atoms with Crippen LogP contribution >= 0.6 is 15.9 Å². The Hall–Kier alpha value is -1.89. The molecule has 0 aliphatic carbocycles. The van der Waals surface area contributed by atoms with Gasteiger partial charge in [-0.2, -0.15) is 0 Å². The Bertz CT molecular complexity index is 597. The summed E-state index contributed by atoms with van der Waals surface area (Å²) in [7, 11) is 0. The van der Waals surface area contributed by atoms with E-state index >= 15 is 0 Å². The lowest BCUT2D eigenvalue weighted by Crippen LogP contribution is -2.11. The standard InChI is InChI=1S/C12H13BrN4O2/c1-8-6-9(13)2-3-10(8)14-4-5-17-7-11(12(18)19)15-16-17/h2-3,6-7,14H,4-5H2,1H3,(H,18,19). The zero-order valence-electron chi connectivity index (χ0n) is 10.3. The first-order valence-electron chi connectivity index (χ1n) is 5.70. The van der Waals surface area contributed by atoms with Gasteiger partial charge in [0.05, 0.1) is 12.7 Å². The van der Waals surface area contributed by atoms with Crippen LogP contribution in [0.1, 0.15) is 16.1 Å². The molecule has 1 heterocycles. The fourth-order valence-corrected chi connectivity index (χ4v) is 2.11. The summed E-state index contributed by atoms with van der Waals surface area (Å²) in [4.78, 5) is 10.7. The fraction of sp³-hybridized carbons (Fsp3) is 0.250. The molecule has 2 rings (SSSR count). The molecule has 1 aromatic heterocycles. The average molecular weight is 325 g/mol. The second-order valence-electron chi connectivity index (χ2n) is 4.06. The van der Waals surface area contributed by atoms with E-state index in [0.29, 0.717) is 13.1 Å². The second-order valence-corrected chi connectivity index (χ2v) is 4.97. The molecule has 0 fully saturated rings. The van der Waals surface area contributed by atoms with Crippen LogP contribution in [0.5, 0.6) is 0 Å². The molecule has 19 heavy (non-hydrogen) atoms. The molecule has 2 N–H and O–H groups in total. The second kappa shape index (κ2) is 5.83. The first kappa shape index (κ1) is 13.5. The highest BCUT2D eigenvalue weighted by Crippen LogP contribution is 2.19. The van der Waals surface area contributed by atoms with Crippen LogP contribution in [0.15, 0.2) is 28.9 Å². The molecule has 0 unspecified atom stereocenters. The highest BCUT2D eigenvalue weighted by molar-refractivity contribution is 9.10. The average Bonchev–Trinajstić information content (AvgIpc) is 2.81. The molecule has 0 radical (unpaired) electrons. The Balaban J connectivity index is 1.90. The number of aryl methyl sites for hydroxylation is 1. The Morgan fingerprint density at radius 2 is 2.32 bits per heavy atom. The maximum absolute atomic E-state index is 10.7. The van der Waals surface area contributed by atoms with E-state index in [9.17, 15) is 4.79 Å². The third-order valence-corrected chi connectivity index (χ3v) is 3.10. The van der Waals surface area contributed by atoms with E-state index < -0.39 is 5.97 Å². The molecule has 7 heteroatoms. The van der Waals surface area contributed by atoms with Crippen molar-refractivity contribution in [3.8, 4) is 0 Å². The van der Waals surface area contributed by atoms with Crippen LogP contribution in [0.3, 0.4) is 0 Å². The van der Waals surface area contributed by atoms with Gasteiger partial charge >= 0.3 is 5.97 Å². The van der Waals surface area contributed by atoms with Crippen molar-refractivity contribution in [1.29, 1.82) is 0 Å². The zero-order chi connectivity index (χ0) is 13.8. The minimum atomic E-state index is -1.07. The van der Waals surface area contributed by atoms with E-state index in [0.717, 1.165) is 15.7 Å². The first-order valence-corrected chi connectivity index (χ1v) is 6.49. The lowest BCUT2D eigenvalue weighted by molar-refractivity contribution is 0.0690. The third-order valence-electron chi connectivity index (χ3n) is 2.60. The largest absolute Gasteiger partial charge is 0.476 e. The molecule has 100 valence electrons. The van der Waals surface area contributed by atoms with E-state index in [1.807, 2.05) is 25.1 Å². The highest BCUT2D eigenvalue weighted by Gasteiger charge is 2.07. The molecular weight excluding hydrogens is 312 g/mol. The van der Waals surface area contributed by atoms with Crippen molar-refractivity contribution in [2.75, 3.05) is 11.9 Å². The normalized spacial score (nSPS) is 10.4. The van der Waals surface area contributed by atoms with Gasteiger partial charge in [-0.05, 0) is 30.7 Å². The SMILES string of the molecule is Cc1cc(Br)ccc1NCCn1cc(C(=O)O)nn1. The van der Waals surface area contributed by atoms with Gasteiger partial charge in [0.15, 0.2) is 5.69 Å². The molecule has 0 saturated carbocycles. The van der Waals surface area contributed by atoms with E-state index in [1.54, 1.807) is 0 Å². The van der Waals surface area contributed by atoms with E-state index in [-0.39, 0.29) is 5.69 Å². The Kier molecular flexibility index (Phi) is 4.16. The van der Waals surface area contributed by atoms with Crippen molar-refractivity contribution in [1.82, 2.24) is 15.0 Å². The van der Waals surface area contributed by atoms with Crippen molar-refractivity contribution >= 4 is 27.6 Å². The number of aromatic carboxylic acids is 1. The Labute approximate surface area is 118 Å². The molecule has 0 spiro atoms. The smallest absolute Gasteiger partial charge is 0.358 e. The molecule has 0 atom stereocenters. The van der Waals surface area contributed by atoms with Gasteiger partial charge in [0.25, 0.3) is 0 Å². The van der Waals surface area contributed by atoms with Gasteiger partial charge in [0, 0.05) is 16.7 Å². The summed E-state index contributed by atoms with van der Waals surface area (Å²) in [6.45, 7) is 3.21. The van der Waals surface area contributed by atoms with Crippen LogP contribution in [0.25, 0.3) is 0 Å². The number of rotatable bonds is 5. The summed E-state index contributed by atoms with van der Waals surface area (Å²) in [5, 5.41) is 19.3. The number of carbonyl (C=O) groups is 1. The first-order chi connectivity index (χ1) is 9.06. The van der Waals surface area contributed by atoms with Crippen LogP contribution in [-0.2, 0) is 6.54 Å². The molecule has 0 aliphatic heterocycles. The van der Waals surface area contributed by atoms with Gasteiger partial charge in [-0.25, -0.2) is 9.48 Å². The zero-order valence-corrected chi connectivity index (χ0v) is 11.9. The van der Waals surface area contributed by atoms with Crippen LogP contribution < -0.4 is 5.32 Å². The lowest BCUT2D eigenvalue weighted by Gasteiger charge is -2.09. The quantitative estimate of drug-likeness (QED) is 0.881. The van der Waals surface area contributed by atoms with Gasteiger partial charge in [-0.15, -0.1) is 5.10 Å². The van der Waals surface area contributed by atoms with Gasteiger partial charge in [0.2, 0.25) is 0 Å². The number of nitrogens with one attached hydrogen (secondary N) is 1. The van der Waals surface area contributed by atoms with Crippen LogP contribution in [0.2, 0.25) is 0 Å². The number of hydrogen-bond donors (Lipinski definition) is 2. The number of carboxylic acids is 1. The van der Waals surface area contributed by atoms with E-state index in [2.05, 4.69) is 31.6 Å². The number of benzene rings is 1. The Morgan fingerprint density at radius 1 is 1.53 bits per heavy atom. The van der Waals surface area contributed by atoms with Crippen molar-refractivity contribution in [2.24, 2.45) is 0 Å². The molecule has 0 amide bonds. The maximum atomic E-state index is 10.7.